The second-order valence-electron chi connectivity index (χ2n) is 5.72. The van der Waals surface area contributed by atoms with E-state index in [2.05, 4.69) is 15.3 Å². The summed E-state index contributed by atoms with van der Waals surface area (Å²) in [6.07, 6.45) is 0.319. The van der Waals surface area contributed by atoms with Crippen molar-refractivity contribution in [2.24, 2.45) is 0 Å². The average Bonchev–Trinajstić information content (AvgIpc) is 2.97. The van der Waals surface area contributed by atoms with Crippen LogP contribution in [0, 0.1) is 6.92 Å². The number of aryl methyl sites for hydroxylation is 1. The zero-order chi connectivity index (χ0) is 16.4. The molecule has 1 aliphatic rings. The number of aromatic nitrogens is 1. The Hall–Kier alpha value is -1.63. The van der Waals surface area contributed by atoms with Gasteiger partial charge in [-0.25, -0.2) is 4.98 Å². The van der Waals surface area contributed by atoms with Crippen molar-refractivity contribution < 1.29 is 14.6 Å². The molecule has 1 unspecified atom stereocenters. The van der Waals surface area contributed by atoms with Crippen LogP contribution in [0.5, 0.6) is 11.5 Å². The molecular weight excluding hydrogens is 312 g/mol. The van der Waals surface area contributed by atoms with E-state index in [9.17, 15) is 5.11 Å². The molecule has 2 heterocycles. The van der Waals surface area contributed by atoms with Crippen molar-refractivity contribution in [3.8, 4) is 11.5 Å². The molecule has 0 spiro atoms. The monoisotopic (exact) mass is 334 g/mol. The van der Waals surface area contributed by atoms with Gasteiger partial charge < -0.3 is 14.6 Å². The first-order valence-corrected chi connectivity index (χ1v) is 8.55. The summed E-state index contributed by atoms with van der Waals surface area (Å²) in [4.78, 5) is 6.74. The number of aliphatic hydroxyl groups excluding tert-OH is 1. The number of aliphatic hydroxyl groups is 1. The number of methoxy groups -OCH3 is 2. The van der Waals surface area contributed by atoms with Crippen LogP contribution in [0.1, 0.15) is 27.9 Å². The largest absolute Gasteiger partial charge is 0.496 e. The number of ether oxygens (including phenoxy) is 2. The molecular formula is C17H22N2O3S. The standard InChI is InChI=1S/C17H22N2O3S/c1-11-18-12(10-23-11)6-7-19-8-13-15(21-2)4-5-16(22-3)17(13)14(20)9-19/h4-5,10,14,20H,6-9H2,1-3H3. The minimum absolute atomic E-state index is 0.569. The van der Waals surface area contributed by atoms with E-state index in [-0.39, 0.29) is 0 Å². The topological polar surface area (TPSA) is 54.8 Å². The maximum atomic E-state index is 10.6. The van der Waals surface area contributed by atoms with Crippen LogP contribution in [0.4, 0.5) is 0 Å². The first kappa shape index (κ1) is 16.2. The first-order chi connectivity index (χ1) is 11.1. The highest BCUT2D eigenvalue weighted by atomic mass is 32.1. The number of nitrogens with zero attached hydrogens (tertiary/aromatic N) is 2. The maximum absolute atomic E-state index is 10.6. The van der Waals surface area contributed by atoms with Crippen molar-refractivity contribution in [1.82, 2.24) is 9.88 Å². The van der Waals surface area contributed by atoms with E-state index in [0.717, 1.165) is 52.8 Å². The fourth-order valence-corrected chi connectivity index (χ4v) is 3.76. The highest BCUT2D eigenvalue weighted by Crippen LogP contribution is 2.39. The Bertz CT molecular complexity index is 686. The van der Waals surface area contributed by atoms with Crippen molar-refractivity contribution in [1.29, 1.82) is 0 Å². The predicted molar refractivity (Wildman–Crippen MR) is 90.3 cm³/mol. The van der Waals surface area contributed by atoms with Crippen LogP contribution >= 0.6 is 11.3 Å². The Morgan fingerprint density at radius 2 is 2.04 bits per heavy atom. The summed E-state index contributed by atoms with van der Waals surface area (Å²) in [6.45, 7) is 4.22. The quantitative estimate of drug-likeness (QED) is 0.911. The summed E-state index contributed by atoms with van der Waals surface area (Å²) in [6, 6.07) is 3.76. The van der Waals surface area contributed by atoms with Gasteiger partial charge in [0.1, 0.15) is 11.5 Å². The van der Waals surface area contributed by atoms with Crippen LogP contribution in [0.25, 0.3) is 0 Å². The van der Waals surface area contributed by atoms with Gasteiger partial charge in [-0.1, -0.05) is 0 Å². The normalized spacial score (nSPS) is 17.8. The smallest absolute Gasteiger partial charge is 0.125 e. The van der Waals surface area contributed by atoms with E-state index in [4.69, 9.17) is 9.47 Å². The summed E-state index contributed by atoms with van der Waals surface area (Å²) in [5.74, 6) is 1.53. The molecule has 1 aromatic carbocycles. The SMILES string of the molecule is COc1ccc(OC)c2c1CN(CCc1csc(C)n1)CC2O. The number of benzene rings is 1. The molecule has 2 aromatic rings. The van der Waals surface area contributed by atoms with Gasteiger partial charge in [0.05, 0.1) is 31.0 Å². The first-order valence-electron chi connectivity index (χ1n) is 7.67. The highest BCUT2D eigenvalue weighted by molar-refractivity contribution is 7.09. The lowest BCUT2D eigenvalue weighted by Crippen LogP contribution is -2.35. The molecule has 23 heavy (non-hydrogen) atoms. The van der Waals surface area contributed by atoms with E-state index < -0.39 is 6.10 Å². The summed E-state index contributed by atoms with van der Waals surface area (Å²) in [5.41, 5.74) is 2.98. The van der Waals surface area contributed by atoms with Crippen LogP contribution in [-0.2, 0) is 13.0 Å². The summed E-state index contributed by atoms with van der Waals surface area (Å²) in [7, 11) is 3.29. The third-order valence-corrected chi connectivity index (χ3v) is 5.03. The molecule has 5 nitrogen and oxygen atoms in total. The van der Waals surface area contributed by atoms with Crippen molar-refractivity contribution >= 4 is 11.3 Å². The van der Waals surface area contributed by atoms with Crippen molar-refractivity contribution in [3.63, 3.8) is 0 Å². The molecule has 1 aromatic heterocycles. The van der Waals surface area contributed by atoms with E-state index in [1.807, 2.05) is 19.1 Å². The second kappa shape index (κ2) is 6.86. The average molecular weight is 334 g/mol. The molecule has 0 bridgehead atoms. The molecule has 3 rings (SSSR count). The van der Waals surface area contributed by atoms with Gasteiger partial charge in [0, 0.05) is 42.6 Å². The third-order valence-electron chi connectivity index (χ3n) is 4.21. The molecule has 0 fully saturated rings. The zero-order valence-corrected chi connectivity index (χ0v) is 14.5. The molecule has 0 saturated heterocycles. The highest BCUT2D eigenvalue weighted by Gasteiger charge is 2.29. The van der Waals surface area contributed by atoms with Gasteiger partial charge in [0.2, 0.25) is 0 Å². The fourth-order valence-electron chi connectivity index (χ4n) is 3.11. The van der Waals surface area contributed by atoms with E-state index >= 15 is 0 Å². The molecule has 6 heteroatoms. The Kier molecular flexibility index (Phi) is 4.84. The molecule has 1 N–H and O–H groups in total. The van der Waals surface area contributed by atoms with E-state index in [1.165, 1.54) is 0 Å². The molecule has 1 aliphatic heterocycles. The second-order valence-corrected chi connectivity index (χ2v) is 6.78. The lowest BCUT2D eigenvalue weighted by molar-refractivity contribution is 0.0890. The van der Waals surface area contributed by atoms with Crippen LogP contribution in [0.15, 0.2) is 17.5 Å². The number of rotatable bonds is 5. The van der Waals surface area contributed by atoms with Crippen molar-refractivity contribution in [3.05, 3.63) is 39.3 Å². The Morgan fingerprint density at radius 3 is 2.70 bits per heavy atom. The molecule has 124 valence electrons. The molecule has 0 saturated carbocycles. The number of hydrogen-bond acceptors (Lipinski definition) is 6. The van der Waals surface area contributed by atoms with Gasteiger partial charge in [0.25, 0.3) is 0 Å². The van der Waals surface area contributed by atoms with Crippen LogP contribution < -0.4 is 9.47 Å². The van der Waals surface area contributed by atoms with Gasteiger partial charge in [-0.15, -0.1) is 11.3 Å². The van der Waals surface area contributed by atoms with Crippen LogP contribution in [-0.4, -0.2) is 42.3 Å². The fraction of sp³-hybridized carbons (Fsp3) is 0.471. The number of fused-ring (bicyclic) bond motifs is 1. The summed E-state index contributed by atoms with van der Waals surface area (Å²) >= 11 is 1.68. The zero-order valence-electron chi connectivity index (χ0n) is 13.7. The molecule has 1 atom stereocenters. The van der Waals surface area contributed by atoms with E-state index in [0.29, 0.717) is 6.54 Å². The summed E-state index contributed by atoms with van der Waals surface area (Å²) < 4.78 is 10.9. The van der Waals surface area contributed by atoms with Crippen molar-refractivity contribution in [2.75, 3.05) is 27.3 Å². The Morgan fingerprint density at radius 1 is 1.30 bits per heavy atom. The van der Waals surface area contributed by atoms with Crippen molar-refractivity contribution in [2.45, 2.75) is 26.0 Å². The Labute approximate surface area is 140 Å². The van der Waals surface area contributed by atoms with Gasteiger partial charge in [0.15, 0.2) is 0 Å². The van der Waals surface area contributed by atoms with Crippen LogP contribution in [0.3, 0.4) is 0 Å². The summed E-state index contributed by atoms with van der Waals surface area (Å²) in [5, 5.41) is 13.8. The number of β-amino-alcohol motifs (C(OH)–C–C–N with tert-alkyl or cyclic N) is 1. The van der Waals surface area contributed by atoms with Gasteiger partial charge >= 0.3 is 0 Å². The van der Waals surface area contributed by atoms with Gasteiger partial charge in [-0.2, -0.15) is 0 Å². The minimum Gasteiger partial charge on any atom is -0.496 e. The molecule has 0 amide bonds. The number of hydrogen-bond donors (Lipinski definition) is 1. The lowest BCUT2D eigenvalue weighted by Gasteiger charge is -2.33. The van der Waals surface area contributed by atoms with Gasteiger partial charge in [-0.05, 0) is 19.1 Å². The predicted octanol–water partition coefficient (Wildman–Crippen LogP) is 2.56. The van der Waals surface area contributed by atoms with Crippen LogP contribution in [0.2, 0.25) is 0 Å². The third kappa shape index (κ3) is 3.34. The van der Waals surface area contributed by atoms with Gasteiger partial charge in [-0.3, -0.25) is 4.90 Å². The lowest BCUT2D eigenvalue weighted by atomic mass is 9.95. The minimum atomic E-state index is -0.569. The molecule has 0 aliphatic carbocycles. The Balaban J connectivity index is 1.79. The molecule has 0 radical (unpaired) electrons. The maximum Gasteiger partial charge on any atom is 0.125 e. The van der Waals surface area contributed by atoms with E-state index in [1.54, 1.807) is 25.6 Å². The number of thiazole rings is 1.